The van der Waals surface area contributed by atoms with Crippen LogP contribution in [0.25, 0.3) is 11.1 Å². The van der Waals surface area contributed by atoms with Gasteiger partial charge in [-0.25, -0.2) is 4.79 Å². The van der Waals surface area contributed by atoms with Gasteiger partial charge in [-0.05, 0) is 48.0 Å². The van der Waals surface area contributed by atoms with Gasteiger partial charge in [-0.15, -0.1) is 0 Å². The van der Waals surface area contributed by atoms with E-state index in [1.165, 1.54) is 0 Å². The molecule has 7 heteroatoms. The number of carbonyl (C=O) groups is 1. The number of aromatic nitrogens is 2. The average molecular weight is 341 g/mol. The second-order valence-electron chi connectivity index (χ2n) is 4.95. The third kappa shape index (κ3) is 3.80. The van der Waals surface area contributed by atoms with E-state index < -0.39 is 6.03 Å². The molecule has 1 aromatic carbocycles. The Balaban J connectivity index is 1.78. The maximum atomic E-state index is 12.0. The zero-order valence-electron chi connectivity index (χ0n) is 12.4. The minimum absolute atomic E-state index is 0.149. The third-order valence-electron chi connectivity index (χ3n) is 3.27. The van der Waals surface area contributed by atoms with Crippen LogP contribution in [0, 0.1) is 0 Å². The van der Waals surface area contributed by atoms with E-state index in [1.807, 2.05) is 12.1 Å². The largest absolute Gasteiger partial charge is 0.327 e. The number of halogens is 1. The van der Waals surface area contributed by atoms with Crippen LogP contribution in [0.4, 0.5) is 16.2 Å². The Hall–Kier alpha value is -3.12. The molecule has 120 valence electrons. The van der Waals surface area contributed by atoms with Crippen LogP contribution in [-0.4, -0.2) is 16.0 Å². The third-order valence-corrected chi connectivity index (χ3v) is 3.52. The number of pyridine rings is 2. The first-order valence-electron chi connectivity index (χ1n) is 7.08. The first-order valence-corrected chi connectivity index (χ1v) is 7.46. The quantitative estimate of drug-likeness (QED) is 0.678. The number of nitrogens with zero attached hydrogens (tertiary/aromatic N) is 1. The molecule has 0 bridgehead atoms. The summed E-state index contributed by atoms with van der Waals surface area (Å²) in [5.41, 5.74) is 1.97. The summed E-state index contributed by atoms with van der Waals surface area (Å²) in [6.07, 6.45) is 4.89. The van der Waals surface area contributed by atoms with Crippen molar-refractivity contribution in [1.29, 1.82) is 0 Å². The zero-order valence-corrected chi connectivity index (χ0v) is 13.2. The lowest BCUT2D eigenvalue weighted by Gasteiger charge is -2.08. The van der Waals surface area contributed by atoms with Crippen LogP contribution in [0.2, 0.25) is 5.02 Å². The molecule has 24 heavy (non-hydrogen) atoms. The summed E-state index contributed by atoms with van der Waals surface area (Å²) in [4.78, 5) is 30.5. The SMILES string of the molecule is O=C(Nc1ccc(Cl)cc1)Nc1cc(-c2ccncc2)c[nH]c1=O. The predicted molar refractivity (Wildman–Crippen MR) is 94.4 cm³/mol. The fourth-order valence-electron chi connectivity index (χ4n) is 2.11. The highest BCUT2D eigenvalue weighted by molar-refractivity contribution is 6.30. The van der Waals surface area contributed by atoms with Crippen molar-refractivity contribution < 1.29 is 4.79 Å². The highest BCUT2D eigenvalue weighted by Gasteiger charge is 2.08. The van der Waals surface area contributed by atoms with Gasteiger partial charge in [0.2, 0.25) is 0 Å². The van der Waals surface area contributed by atoms with Crippen LogP contribution in [0.3, 0.4) is 0 Å². The van der Waals surface area contributed by atoms with Crippen LogP contribution < -0.4 is 16.2 Å². The Morgan fingerprint density at radius 1 is 1.00 bits per heavy atom. The van der Waals surface area contributed by atoms with Crippen molar-refractivity contribution in [1.82, 2.24) is 9.97 Å². The van der Waals surface area contributed by atoms with E-state index in [4.69, 9.17) is 11.6 Å². The van der Waals surface area contributed by atoms with E-state index in [2.05, 4.69) is 20.6 Å². The number of benzene rings is 1. The lowest BCUT2D eigenvalue weighted by atomic mass is 10.1. The molecular formula is C17H13ClN4O2. The standard InChI is InChI=1S/C17H13ClN4O2/c18-13-1-3-14(4-2-13)21-17(24)22-15-9-12(10-20-16(15)23)11-5-7-19-8-6-11/h1-10H,(H,20,23)(H2,21,22,24). The summed E-state index contributed by atoms with van der Waals surface area (Å²) in [7, 11) is 0. The molecule has 0 aliphatic rings. The number of carbonyl (C=O) groups excluding carboxylic acids is 1. The Morgan fingerprint density at radius 2 is 1.71 bits per heavy atom. The normalized spacial score (nSPS) is 10.2. The van der Waals surface area contributed by atoms with Crippen molar-refractivity contribution in [3.05, 3.63) is 76.4 Å². The van der Waals surface area contributed by atoms with Crippen molar-refractivity contribution >= 4 is 29.0 Å². The summed E-state index contributed by atoms with van der Waals surface area (Å²) < 4.78 is 0. The molecule has 2 heterocycles. The molecule has 2 amide bonds. The van der Waals surface area contributed by atoms with Gasteiger partial charge in [0, 0.05) is 34.9 Å². The van der Waals surface area contributed by atoms with E-state index in [-0.39, 0.29) is 11.2 Å². The molecule has 3 N–H and O–H groups in total. The summed E-state index contributed by atoms with van der Waals surface area (Å²) in [5, 5.41) is 5.75. The molecule has 3 rings (SSSR count). The van der Waals surface area contributed by atoms with Crippen molar-refractivity contribution in [2.75, 3.05) is 10.6 Å². The Kier molecular flexibility index (Phi) is 4.58. The van der Waals surface area contributed by atoms with Gasteiger partial charge in [0.05, 0.1) is 0 Å². The first kappa shape index (κ1) is 15.8. The second kappa shape index (κ2) is 6.97. The van der Waals surface area contributed by atoms with Crippen LogP contribution in [-0.2, 0) is 0 Å². The number of nitrogens with one attached hydrogen (secondary N) is 3. The van der Waals surface area contributed by atoms with E-state index in [1.54, 1.807) is 48.9 Å². The van der Waals surface area contributed by atoms with E-state index >= 15 is 0 Å². The maximum Gasteiger partial charge on any atom is 0.323 e. The van der Waals surface area contributed by atoms with E-state index in [0.29, 0.717) is 10.7 Å². The van der Waals surface area contributed by atoms with Crippen molar-refractivity contribution in [2.24, 2.45) is 0 Å². The molecule has 0 spiro atoms. The van der Waals surface area contributed by atoms with Gasteiger partial charge in [0.15, 0.2) is 0 Å². The Morgan fingerprint density at radius 3 is 2.42 bits per heavy atom. The average Bonchev–Trinajstić information content (AvgIpc) is 2.60. The van der Waals surface area contributed by atoms with Crippen LogP contribution in [0.5, 0.6) is 0 Å². The minimum atomic E-state index is -0.519. The molecule has 2 aromatic heterocycles. The monoisotopic (exact) mass is 340 g/mol. The molecule has 0 fully saturated rings. The molecular weight excluding hydrogens is 328 g/mol. The molecule has 0 atom stereocenters. The number of H-pyrrole nitrogens is 1. The van der Waals surface area contributed by atoms with E-state index in [9.17, 15) is 9.59 Å². The summed E-state index contributed by atoms with van der Waals surface area (Å²) in [6, 6.07) is 11.4. The molecule has 3 aromatic rings. The summed E-state index contributed by atoms with van der Waals surface area (Å²) in [5.74, 6) is 0. The molecule has 0 saturated heterocycles. The van der Waals surface area contributed by atoms with Crippen LogP contribution >= 0.6 is 11.6 Å². The van der Waals surface area contributed by atoms with Gasteiger partial charge >= 0.3 is 6.03 Å². The molecule has 0 unspecified atom stereocenters. The lowest BCUT2D eigenvalue weighted by Crippen LogP contribution is -2.24. The fourth-order valence-corrected chi connectivity index (χ4v) is 2.23. The molecule has 0 aliphatic carbocycles. The Labute approximate surface area is 142 Å². The Bertz CT molecular complexity index is 908. The predicted octanol–water partition coefficient (Wildman–Crippen LogP) is 3.73. The van der Waals surface area contributed by atoms with Gasteiger partial charge in [-0.1, -0.05) is 11.6 Å². The number of hydrogen-bond donors (Lipinski definition) is 3. The number of urea groups is 1. The topological polar surface area (TPSA) is 86.9 Å². The maximum absolute atomic E-state index is 12.0. The minimum Gasteiger partial charge on any atom is -0.327 e. The second-order valence-corrected chi connectivity index (χ2v) is 5.39. The van der Waals surface area contributed by atoms with Gasteiger partial charge in [0.1, 0.15) is 5.69 Å². The highest BCUT2D eigenvalue weighted by Crippen LogP contribution is 2.19. The van der Waals surface area contributed by atoms with Gasteiger partial charge in [-0.3, -0.25) is 9.78 Å². The molecule has 0 radical (unpaired) electrons. The van der Waals surface area contributed by atoms with Crippen molar-refractivity contribution in [3.8, 4) is 11.1 Å². The number of hydrogen-bond acceptors (Lipinski definition) is 3. The van der Waals surface area contributed by atoms with E-state index in [0.717, 1.165) is 11.1 Å². The summed E-state index contributed by atoms with van der Waals surface area (Å²) in [6.45, 7) is 0. The molecule has 0 aliphatic heterocycles. The van der Waals surface area contributed by atoms with Crippen LogP contribution in [0.1, 0.15) is 0 Å². The van der Waals surface area contributed by atoms with Gasteiger partial charge in [0.25, 0.3) is 5.56 Å². The first-order chi connectivity index (χ1) is 11.6. The lowest BCUT2D eigenvalue weighted by molar-refractivity contribution is 0.262. The smallest absolute Gasteiger partial charge is 0.323 e. The number of rotatable bonds is 3. The van der Waals surface area contributed by atoms with Gasteiger partial charge in [-0.2, -0.15) is 0 Å². The number of anilines is 2. The zero-order chi connectivity index (χ0) is 16.9. The van der Waals surface area contributed by atoms with Crippen LogP contribution in [0.15, 0.2) is 65.8 Å². The van der Waals surface area contributed by atoms with Crippen molar-refractivity contribution in [2.45, 2.75) is 0 Å². The summed E-state index contributed by atoms with van der Waals surface area (Å²) >= 11 is 5.80. The molecule has 0 saturated carbocycles. The van der Waals surface area contributed by atoms with Gasteiger partial charge < -0.3 is 15.6 Å². The number of aromatic amines is 1. The fraction of sp³-hybridized carbons (Fsp3) is 0. The van der Waals surface area contributed by atoms with Crippen molar-refractivity contribution in [3.63, 3.8) is 0 Å². The number of amides is 2. The molecule has 6 nitrogen and oxygen atoms in total. The highest BCUT2D eigenvalue weighted by atomic mass is 35.5.